The van der Waals surface area contributed by atoms with E-state index in [0.717, 1.165) is 18.2 Å². The molecule has 9 nitrogen and oxygen atoms in total. The van der Waals surface area contributed by atoms with Crippen LogP contribution in [0.5, 0.6) is 0 Å². The molecule has 27 heavy (non-hydrogen) atoms. The Balaban J connectivity index is 1.87. The number of para-hydroxylation sites is 1. The van der Waals surface area contributed by atoms with Gasteiger partial charge in [0.05, 0.1) is 0 Å². The van der Waals surface area contributed by atoms with Crippen LogP contribution in [0.25, 0.3) is 0 Å². The summed E-state index contributed by atoms with van der Waals surface area (Å²) < 4.78 is 62.3. The number of aryl methyl sites for hydroxylation is 2. The summed E-state index contributed by atoms with van der Waals surface area (Å²) in [4.78, 5) is 23.0. The maximum absolute atomic E-state index is 13.4. The lowest BCUT2D eigenvalue weighted by atomic mass is 10.3. The number of hydrogen-bond acceptors (Lipinski definition) is 7. The van der Waals surface area contributed by atoms with Gasteiger partial charge >= 0.3 is 5.97 Å². The summed E-state index contributed by atoms with van der Waals surface area (Å²) in [5.74, 6) is -4.03. The minimum atomic E-state index is -4.08. The number of sulfonamides is 1. The summed E-state index contributed by atoms with van der Waals surface area (Å²) in [6.45, 7) is 1.17. The summed E-state index contributed by atoms with van der Waals surface area (Å²) in [5, 5.41) is 5.42. The first-order chi connectivity index (χ1) is 12.6. The van der Waals surface area contributed by atoms with Gasteiger partial charge in [0.25, 0.3) is 5.91 Å². The van der Waals surface area contributed by atoms with Crippen LogP contribution in [-0.4, -0.2) is 38.6 Å². The zero-order chi connectivity index (χ0) is 20.2. The van der Waals surface area contributed by atoms with Crippen molar-refractivity contribution in [1.29, 1.82) is 0 Å². The Bertz CT molecular complexity index is 934. The van der Waals surface area contributed by atoms with Crippen molar-refractivity contribution in [2.75, 3.05) is 18.5 Å². The van der Waals surface area contributed by atoms with E-state index in [4.69, 9.17) is 4.52 Å². The third kappa shape index (κ3) is 5.08. The van der Waals surface area contributed by atoms with Crippen molar-refractivity contribution in [3.63, 3.8) is 0 Å². The average Bonchev–Trinajstić information content (AvgIpc) is 2.94. The summed E-state index contributed by atoms with van der Waals surface area (Å²) in [6, 6.07) is 2.99. The topological polar surface area (TPSA) is 128 Å². The Labute approximate surface area is 152 Å². The predicted molar refractivity (Wildman–Crippen MR) is 87.1 cm³/mol. The minimum Gasteiger partial charge on any atom is -0.455 e. The second kappa shape index (κ2) is 8.22. The third-order valence-electron chi connectivity index (χ3n) is 3.23. The van der Waals surface area contributed by atoms with E-state index in [0.29, 0.717) is 0 Å². The molecule has 0 spiro atoms. The van der Waals surface area contributed by atoms with E-state index < -0.39 is 52.4 Å². The van der Waals surface area contributed by atoms with Gasteiger partial charge in [-0.2, -0.15) is 4.72 Å². The van der Waals surface area contributed by atoms with E-state index in [1.807, 2.05) is 10.0 Å². The molecule has 0 saturated carbocycles. The first-order valence-corrected chi connectivity index (χ1v) is 8.92. The summed E-state index contributed by atoms with van der Waals surface area (Å²) >= 11 is 0. The van der Waals surface area contributed by atoms with Gasteiger partial charge in [0.1, 0.15) is 34.5 Å². The molecule has 0 atom stereocenters. The highest BCUT2D eigenvalue weighted by Crippen LogP contribution is 2.19. The first kappa shape index (κ1) is 20.5. The number of nitrogens with one attached hydrogen (secondary N) is 2. The molecule has 1 amide bonds. The normalized spacial score (nSPS) is 11.3. The van der Waals surface area contributed by atoms with Gasteiger partial charge in [0.2, 0.25) is 10.0 Å². The number of nitrogens with zero attached hydrogens (tertiary/aromatic N) is 1. The average molecular weight is 403 g/mol. The fraction of sp³-hybridized carbons (Fsp3) is 0.267. The van der Waals surface area contributed by atoms with Gasteiger partial charge in [0.15, 0.2) is 12.4 Å². The number of anilines is 1. The van der Waals surface area contributed by atoms with Gasteiger partial charge in [-0.05, 0) is 26.0 Å². The number of esters is 1. The molecule has 1 aromatic carbocycles. The molecule has 0 aliphatic heterocycles. The Hall–Kier alpha value is -2.86. The van der Waals surface area contributed by atoms with Crippen molar-refractivity contribution in [2.45, 2.75) is 18.7 Å². The lowest BCUT2D eigenvalue weighted by Gasteiger charge is -2.09. The van der Waals surface area contributed by atoms with Crippen LogP contribution in [0.4, 0.5) is 14.5 Å². The van der Waals surface area contributed by atoms with Crippen molar-refractivity contribution < 1.29 is 36.0 Å². The molecule has 146 valence electrons. The van der Waals surface area contributed by atoms with Gasteiger partial charge in [-0.1, -0.05) is 11.2 Å². The zero-order valence-corrected chi connectivity index (χ0v) is 15.0. The van der Waals surface area contributed by atoms with Gasteiger partial charge in [-0.15, -0.1) is 0 Å². The molecule has 0 radical (unpaired) electrons. The van der Waals surface area contributed by atoms with Crippen molar-refractivity contribution in [3.8, 4) is 0 Å². The minimum absolute atomic E-state index is 0.0414. The number of ether oxygens (including phenoxy) is 1. The number of amides is 1. The van der Waals surface area contributed by atoms with Crippen LogP contribution in [0.2, 0.25) is 0 Å². The van der Waals surface area contributed by atoms with E-state index >= 15 is 0 Å². The summed E-state index contributed by atoms with van der Waals surface area (Å²) in [7, 11) is -4.08. The van der Waals surface area contributed by atoms with Crippen LogP contribution < -0.4 is 10.0 Å². The summed E-state index contributed by atoms with van der Waals surface area (Å²) in [5.41, 5.74) is -0.572. The van der Waals surface area contributed by atoms with Crippen LogP contribution in [-0.2, 0) is 24.3 Å². The standard InChI is InChI=1S/C15H15F2N3O6S/c1-8-15(9(2)26-20-8)27(23,24)18-6-13(22)25-7-12(21)19-14-10(16)4-3-5-11(14)17/h3-5,18H,6-7H2,1-2H3,(H,19,21). The molecule has 0 unspecified atom stereocenters. The van der Waals surface area contributed by atoms with E-state index in [1.54, 1.807) is 0 Å². The maximum Gasteiger partial charge on any atom is 0.321 e. The second-order valence-corrected chi connectivity index (χ2v) is 6.99. The SMILES string of the molecule is Cc1noc(C)c1S(=O)(=O)NCC(=O)OCC(=O)Nc1c(F)cccc1F. The first-order valence-electron chi connectivity index (χ1n) is 7.44. The molecule has 12 heteroatoms. The van der Waals surface area contributed by atoms with Crippen molar-refractivity contribution in [2.24, 2.45) is 0 Å². The van der Waals surface area contributed by atoms with E-state index in [1.165, 1.54) is 13.8 Å². The zero-order valence-electron chi connectivity index (χ0n) is 14.2. The third-order valence-corrected chi connectivity index (χ3v) is 4.88. The van der Waals surface area contributed by atoms with Gasteiger partial charge in [-0.25, -0.2) is 17.2 Å². The number of rotatable bonds is 7. The molecule has 0 fully saturated rings. The largest absolute Gasteiger partial charge is 0.455 e. The van der Waals surface area contributed by atoms with Crippen LogP contribution in [0.15, 0.2) is 27.6 Å². The lowest BCUT2D eigenvalue weighted by Crippen LogP contribution is -2.32. The Morgan fingerprint density at radius 2 is 1.85 bits per heavy atom. The maximum atomic E-state index is 13.4. The fourth-order valence-electron chi connectivity index (χ4n) is 2.07. The van der Waals surface area contributed by atoms with Crippen molar-refractivity contribution >= 4 is 27.6 Å². The Morgan fingerprint density at radius 1 is 1.22 bits per heavy atom. The highest BCUT2D eigenvalue weighted by Gasteiger charge is 2.25. The van der Waals surface area contributed by atoms with Crippen LogP contribution in [0.1, 0.15) is 11.5 Å². The Kier molecular flexibility index (Phi) is 6.23. The molecular weight excluding hydrogens is 388 g/mol. The molecule has 2 N–H and O–H groups in total. The molecule has 2 aromatic rings. The molecule has 1 heterocycles. The molecule has 0 saturated heterocycles. The lowest BCUT2D eigenvalue weighted by molar-refractivity contribution is -0.146. The van der Waals surface area contributed by atoms with Gasteiger partial charge in [-0.3, -0.25) is 9.59 Å². The highest BCUT2D eigenvalue weighted by atomic mass is 32.2. The predicted octanol–water partition coefficient (Wildman–Crippen LogP) is 1.03. The second-order valence-electron chi connectivity index (χ2n) is 5.28. The number of aromatic nitrogens is 1. The van der Waals surface area contributed by atoms with Crippen LogP contribution in [0.3, 0.4) is 0 Å². The van der Waals surface area contributed by atoms with Gasteiger partial charge in [0, 0.05) is 0 Å². The molecule has 0 aliphatic carbocycles. The molecule has 0 aliphatic rings. The molecular formula is C15H15F2N3O6S. The van der Waals surface area contributed by atoms with Crippen LogP contribution in [0, 0.1) is 25.5 Å². The molecule has 2 rings (SSSR count). The number of hydrogen-bond donors (Lipinski definition) is 2. The van der Waals surface area contributed by atoms with E-state index in [-0.39, 0.29) is 16.3 Å². The summed E-state index contributed by atoms with van der Waals surface area (Å²) in [6.07, 6.45) is 0. The number of halogens is 2. The van der Waals surface area contributed by atoms with Crippen molar-refractivity contribution in [1.82, 2.24) is 9.88 Å². The van der Waals surface area contributed by atoms with Crippen molar-refractivity contribution in [3.05, 3.63) is 41.3 Å². The quantitative estimate of drug-likeness (QED) is 0.661. The van der Waals surface area contributed by atoms with E-state index in [2.05, 4.69) is 9.89 Å². The monoisotopic (exact) mass is 403 g/mol. The molecule has 0 bridgehead atoms. The smallest absolute Gasteiger partial charge is 0.321 e. The van der Waals surface area contributed by atoms with Gasteiger partial charge < -0.3 is 14.6 Å². The number of carbonyl (C=O) groups is 2. The number of carbonyl (C=O) groups excluding carboxylic acids is 2. The number of benzene rings is 1. The fourth-order valence-corrected chi connectivity index (χ4v) is 3.37. The van der Waals surface area contributed by atoms with Crippen LogP contribution >= 0.6 is 0 Å². The highest BCUT2D eigenvalue weighted by molar-refractivity contribution is 7.89. The molecule has 1 aromatic heterocycles. The Morgan fingerprint density at radius 3 is 2.41 bits per heavy atom. The van der Waals surface area contributed by atoms with E-state index in [9.17, 15) is 26.8 Å².